The molecule has 0 saturated carbocycles. The molecule has 86 valence electrons. The first-order valence-corrected chi connectivity index (χ1v) is 4.72. The van der Waals surface area contributed by atoms with Crippen LogP contribution in [-0.2, 0) is 4.79 Å². The number of rotatable bonds is 4. The number of guanidine groups is 1. The molecule has 0 spiro atoms. The highest BCUT2D eigenvalue weighted by Gasteiger charge is 2.14. The van der Waals surface area contributed by atoms with Crippen LogP contribution in [0.25, 0.3) is 0 Å². The molecule has 6 heteroatoms. The van der Waals surface area contributed by atoms with E-state index in [9.17, 15) is 4.79 Å². The van der Waals surface area contributed by atoms with Crippen molar-refractivity contribution in [1.82, 2.24) is 4.98 Å². The molecular formula is C10H14N4O2. The number of aliphatic imine (C=N–C) groups is 1. The third-order valence-electron chi connectivity index (χ3n) is 1.99. The summed E-state index contributed by atoms with van der Waals surface area (Å²) in [4.78, 5) is 18.6. The minimum atomic E-state index is -0.962. The lowest BCUT2D eigenvalue weighted by Gasteiger charge is -2.10. The third kappa shape index (κ3) is 3.56. The van der Waals surface area contributed by atoms with Gasteiger partial charge in [0.05, 0.1) is 12.5 Å². The van der Waals surface area contributed by atoms with Crippen molar-refractivity contribution in [2.75, 3.05) is 0 Å². The fraction of sp³-hybridized carbons (Fsp3) is 0.300. The smallest absolute Gasteiger partial charge is 0.305 e. The number of carbonyl (C=O) groups is 1. The summed E-state index contributed by atoms with van der Waals surface area (Å²) in [6, 6.07) is 2.96. The number of nitrogens with two attached hydrogens (primary N) is 2. The zero-order valence-corrected chi connectivity index (χ0v) is 8.92. The molecule has 1 aromatic heterocycles. The number of pyridine rings is 1. The van der Waals surface area contributed by atoms with Gasteiger partial charge < -0.3 is 16.6 Å². The minimum Gasteiger partial charge on any atom is -0.481 e. The summed E-state index contributed by atoms with van der Waals surface area (Å²) in [5.74, 6) is -1.10. The summed E-state index contributed by atoms with van der Waals surface area (Å²) in [6.45, 7) is 1.84. The van der Waals surface area contributed by atoms with Gasteiger partial charge in [-0.15, -0.1) is 0 Å². The van der Waals surface area contributed by atoms with E-state index in [1.165, 1.54) is 0 Å². The molecule has 1 unspecified atom stereocenters. The molecule has 1 aromatic rings. The Morgan fingerprint density at radius 3 is 2.69 bits per heavy atom. The number of nitrogens with zero attached hydrogens (tertiary/aromatic N) is 2. The molecule has 0 aliphatic carbocycles. The van der Waals surface area contributed by atoms with Gasteiger partial charge in [0.2, 0.25) is 0 Å². The SMILES string of the molecule is Cc1ccc(C(CC(=O)O)N=C(N)N)cn1. The molecule has 0 bridgehead atoms. The van der Waals surface area contributed by atoms with Gasteiger partial charge in [-0.05, 0) is 18.6 Å². The van der Waals surface area contributed by atoms with Gasteiger partial charge in [0, 0.05) is 11.9 Å². The van der Waals surface area contributed by atoms with Crippen LogP contribution < -0.4 is 11.5 Å². The number of carboxylic acid groups (broad SMARTS) is 1. The van der Waals surface area contributed by atoms with Gasteiger partial charge in [0.25, 0.3) is 0 Å². The van der Waals surface area contributed by atoms with Crippen LogP contribution >= 0.6 is 0 Å². The first-order chi connectivity index (χ1) is 7.49. The van der Waals surface area contributed by atoms with Gasteiger partial charge in [0.15, 0.2) is 5.96 Å². The van der Waals surface area contributed by atoms with Crippen LogP contribution in [0.4, 0.5) is 0 Å². The van der Waals surface area contributed by atoms with E-state index >= 15 is 0 Å². The van der Waals surface area contributed by atoms with Gasteiger partial charge in [0.1, 0.15) is 0 Å². The zero-order chi connectivity index (χ0) is 12.1. The molecule has 0 saturated heterocycles. The van der Waals surface area contributed by atoms with Crippen LogP contribution in [0.1, 0.15) is 23.7 Å². The second-order valence-corrected chi connectivity index (χ2v) is 3.40. The van der Waals surface area contributed by atoms with Crippen molar-refractivity contribution in [2.45, 2.75) is 19.4 Å². The van der Waals surface area contributed by atoms with Crippen LogP contribution in [0.2, 0.25) is 0 Å². The Labute approximate surface area is 93.0 Å². The third-order valence-corrected chi connectivity index (χ3v) is 1.99. The van der Waals surface area contributed by atoms with Crippen molar-refractivity contribution in [3.8, 4) is 0 Å². The summed E-state index contributed by atoms with van der Waals surface area (Å²) in [7, 11) is 0. The number of hydrogen-bond donors (Lipinski definition) is 3. The van der Waals surface area contributed by atoms with Crippen LogP contribution in [0.15, 0.2) is 23.3 Å². The van der Waals surface area contributed by atoms with E-state index < -0.39 is 12.0 Å². The van der Waals surface area contributed by atoms with E-state index in [0.717, 1.165) is 5.69 Å². The molecule has 0 fully saturated rings. The van der Waals surface area contributed by atoms with E-state index in [2.05, 4.69) is 9.98 Å². The molecule has 5 N–H and O–H groups in total. The monoisotopic (exact) mass is 222 g/mol. The quantitative estimate of drug-likeness (QED) is 0.496. The van der Waals surface area contributed by atoms with E-state index in [1.54, 1.807) is 18.3 Å². The summed E-state index contributed by atoms with van der Waals surface area (Å²) in [5.41, 5.74) is 12.0. The Balaban J connectivity index is 2.96. The van der Waals surface area contributed by atoms with Crippen molar-refractivity contribution >= 4 is 11.9 Å². The van der Waals surface area contributed by atoms with Crippen LogP contribution in [0, 0.1) is 6.92 Å². The molecule has 16 heavy (non-hydrogen) atoms. The molecule has 0 radical (unpaired) electrons. The number of aliphatic carboxylic acids is 1. The van der Waals surface area contributed by atoms with Crippen LogP contribution in [0.3, 0.4) is 0 Å². The Kier molecular flexibility index (Phi) is 3.82. The number of carboxylic acids is 1. The Bertz CT molecular complexity index is 396. The molecule has 0 amide bonds. The van der Waals surface area contributed by atoms with E-state index in [0.29, 0.717) is 5.56 Å². The van der Waals surface area contributed by atoms with Gasteiger partial charge in [-0.25, -0.2) is 4.99 Å². The lowest BCUT2D eigenvalue weighted by molar-refractivity contribution is -0.137. The maximum atomic E-state index is 10.7. The fourth-order valence-electron chi connectivity index (χ4n) is 1.26. The average Bonchev–Trinajstić information content (AvgIpc) is 2.16. The average molecular weight is 222 g/mol. The Morgan fingerprint density at radius 2 is 2.25 bits per heavy atom. The molecule has 0 aromatic carbocycles. The van der Waals surface area contributed by atoms with E-state index in [-0.39, 0.29) is 12.4 Å². The Morgan fingerprint density at radius 1 is 1.56 bits per heavy atom. The first-order valence-electron chi connectivity index (χ1n) is 4.72. The number of hydrogen-bond acceptors (Lipinski definition) is 3. The van der Waals surface area contributed by atoms with Gasteiger partial charge in [-0.1, -0.05) is 6.07 Å². The predicted octanol–water partition coefficient (Wildman–Crippen LogP) is 0.179. The van der Waals surface area contributed by atoms with Crippen molar-refractivity contribution in [1.29, 1.82) is 0 Å². The van der Waals surface area contributed by atoms with Crippen molar-refractivity contribution in [3.05, 3.63) is 29.6 Å². The maximum Gasteiger partial charge on any atom is 0.305 e. The van der Waals surface area contributed by atoms with Gasteiger partial charge >= 0.3 is 5.97 Å². The number of aryl methyl sites for hydroxylation is 1. The standard InChI is InChI=1S/C10H14N4O2/c1-6-2-3-7(5-13-6)8(4-9(15)16)14-10(11)12/h2-3,5,8H,4H2,1H3,(H,15,16)(H4,11,12,14). The van der Waals surface area contributed by atoms with E-state index in [1.807, 2.05) is 6.92 Å². The molecular weight excluding hydrogens is 208 g/mol. The summed E-state index contributed by atoms with van der Waals surface area (Å²) in [6.07, 6.45) is 1.41. The van der Waals surface area contributed by atoms with Crippen LogP contribution in [-0.4, -0.2) is 22.0 Å². The highest BCUT2D eigenvalue weighted by atomic mass is 16.4. The fourth-order valence-corrected chi connectivity index (χ4v) is 1.26. The highest BCUT2D eigenvalue weighted by molar-refractivity contribution is 5.76. The molecule has 1 rings (SSSR count). The highest BCUT2D eigenvalue weighted by Crippen LogP contribution is 2.20. The predicted molar refractivity (Wildman–Crippen MR) is 59.8 cm³/mol. The molecule has 0 aliphatic rings. The first kappa shape index (κ1) is 12.0. The maximum absolute atomic E-state index is 10.7. The van der Waals surface area contributed by atoms with Crippen LogP contribution in [0.5, 0.6) is 0 Å². The number of aromatic nitrogens is 1. The van der Waals surface area contributed by atoms with Crippen molar-refractivity contribution < 1.29 is 9.90 Å². The summed E-state index contributed by atoms with van der Waals surface area (Å²) < 4.78 is 0. The van der Waals surface area contributed by atoms with Crippen molar-refractivity contribution in [2.24, 2.45) is 16.5 Å². The molecule has 1 heterocycles. The minimum absolute atomic E-state index is 0.133. The second kappa shape index (κ2) is 5.11. The zero-order valence-electron chi connectivity index (χ0n) is 8.92. The van der Waals surface area contributed by atoms with Crippen molar-refractivity contribution in [3.63, 3.8) is 0 Å². The largest absolute Gasteiger partial charge is 0.481 e. The Hall–Kier alpha value is -2.11. The lowest BCUT2D eigenvalue weighted by atomic mass is 10.1. The van der Waals surface area contributed by atoms with Gasteiger partial charge in [-0.2, -0.15) is 0 Å². The van der Waals surface area contributed by atoms with E-state index in [4.69, 9.17) is 16.6 Å². The molecule has 1 atom stereocenters. The lowest BCUT2D eigenvalue weighted by Crippen LogP contribution is -2.24. The topological polar surface area (TPSA) is 115 Å². The molecule has 6 nitrogen and oxygen atoms in total. The normalized spacial score (nSPS) is 11.8. The molecule has 0 aliphatic heterocycles. The summed E-state index contributed by atoms with van der Waals surface area (Å²) >= 11 is 0. The summed E-state index contributed by atoms with van der Waals surface area (Å²) in [5, 5.41) is 8.74. The second-order valence-electron chi connectivity index (χ2n) is 3.40. The van der Waals surface area contributed by atoms with Gasteiger partial charge in [-0.3, -0.25) is 9.78 Å².